The minimum Gasteiger partial charge on any atom is -0.389 e. The number of aliphatic hydroxyl groups is 1. The summed E-state index contributed by atoms with van der Waals surface area (Å²) in [5, 5.41) is 11.5. The molecule has 2 aliphatic rings. The van der Waals surface area contributed by atoms with Crippen molar-refractivity contribution in [2.45, 2.75) is 101 Å². The maximum absolute atomic E-state index is 12.9. The highest BCUT2D eigenvalue weighted by Gasteiger charge is 2.52. The van der Waals surface area contributed by atoms with Gasteiger partial charge in [-0.25, -0.2) is 0 Å². The molecule has 2 fully saturated rings. The molecule has 0 aliphatic heterocycles. The Bertz CT molecular complexity index is 727. The summed E-state index contributed by atoms with van der Waals surface area (Å²) in [4.78, 5) is 0.203. The number of benzene rings is 1. The molecule has 0 spiro atoms. The van der Waals surface area contributed by atoms with Crippen LogP contribution in [0.2, 0.25) is 0 Å². The second-order valence-electron chi connectivity index (χ2n) is 9.09. The van der Waals surface area contributed by atoms with Crippen LogP contribution in [0.25, 0.3) is 0 Å². The van der Waals surface area contributed by atoms with Crippen molar-refractivity contribution in [2.24, 2.45) is 11.8 Å². The lowest BCUT2D eigenvalue weighted by atomic mass is 9.81. The van der Waals surface area contributed by atoms with E-state index >= 15 is 0 Å². The topological polar surface area (TPSA) is 63.6 Å². The van der Waals surface area contributed by atoms with Gasteiger partial charge in [-0.3, -0.25) is 4.18 Å². The smallest absolute Gasteiger partial charge is 0.297 e. The Morgan fingerprint density at radius 3 is 2.18 bits per heavy atom. The molecule has 0 amide bonds. The molecular formula is C23H36O4S. The Balaban J connectivity index is 1.79. The van der Waals surface area contributed by atoms with Gasteiger partial charge in [-0.15, -0.1) is 0 Å². The molecule has 0 radical (unpaired) electrons. The van der Waals surface area contributed by atoms with Gasteiger partial charge in [-0.05, 0) is 44.2 Å². The number of fused-ring (bicyclic) bond motifs is 1. The van der Waals surface area contributed by atoms with E-state index in [2.05, 4.69) is 0 Å². The first-order chi connectivity index (χ1) is 13.3. The molecule has 3 rings (SSSR count). The molecule has 4 nitrogen and oxygen atoms in total. The van der Waals surface area contributed by atoms with Gasteiger partial charge in [0.15, 0.2) is 0 Å². The largest absolute Gasteiger partial charge is 0.389 e. The average molecular weight is 409 g/mol. The van der Waals surface area contributed by atoms with E-state index in [1.54, 1.807) is 24.3 Å². The summed E-state index contributed by atoms with van der Waals surface area (Å²) in [7, 11) is -3.83. The van der Waals surface area contributed by atoms with Crippen molar-refractivity contribution >= 4 is 10.1 Å². The Morgan fingerprint density at radius 2 is 1.54 bits per heavy atom. The summed E-state index contributed by atoms with van der Waals surface area (Å²) in [5.74, 6) is -0.0810. The molecule has 2 aliphatic carbocycles. The Hall–Kier alpha value is -0.910. The van der Waals surface area contributed by atoms with Gasteiger partial charge in [0.25, 0.3) is 10.1 Å². The minimum atomic E-state index is -3.83. The number of rotatable bonds is 3. The molecule has 158 valence electrons. The van der Waals surface area contributed by atoms with Gasteiger partial charge in [-0.2, -0.15) is 8.42 Å². The van der Waals surface area contributed by atoms with Gasteiger partial charge in [0.1, 0.15) is 0 Å². The van der Waals surface area contributed by atoms with Gasteiger partial charge < -0.3 is 5.11 Å². The SMILES string of the molecule is Cc1ccc(S(=O)(=O)OC2C(C)CC3(O)CCCCCCCCCCC23)cc1. The maximum atomic E-state index is 12.9. The number of aryl methyl sites for hydroxylation is 1. The fourth-order valence-corrected chi connectivity index (χ4v) is 6.37. The lowest BCUT2D eigenvalue weighted by Crippen LogP contribution is -2.39. The molecule has 4 atom stereocenters. The van der Waals surface area contributed by atoms with Crippen LogP contribution in [0.5, 0.6) is 0 Å². The lowest BCUT2D eigenvalue weighted by Gasteiger charge is -2.33. The summed E-state index contributed by atoms with van der Waals surface area (Å²) in [5.41, 5.74) is 0.216. The van der Waals surface area contributed by atoms with Gasteiger partial charge in [0, 0.05) is 5.92 Å². The second kappa shape index (κ2) is 9.27. The average Bonchev–Trinajstić information content (AvgIpc) is 2.85. The molecule has 0 aromatic heterocycles. The Kier molecular flexibility index (Phi) is 7.21. The van der Waals surface area contributed by atoms with E-state index in [0.29, 0.717) is 6.42 Å². The highest BCUT2D eigenvalue weighted by Crippen LogP contribution is 2.48. The zero-order chi connectivity index (χ0) is 20.2. The van der Waals surface area contributed by atoms with Crippen molar-refractivity contribution in [3.8, 4) is 0 Å². The third kappa shape index (κ3) is 5.17. The van der Waals surface area contributed by atoms with Gasteiger partial charge in [-0.1, -0.05) is 76.0 Å². The molecular weight excluding hydrogens is 372 g/mol. The fraction of sp³-hybridized carbons (Fsp3) is 0.739. The lowest BCUT2D eigenvalue weighted by molar-refractivity contribution is -0.0332. The zero-order valence-corrected chi connectivity index (χ0v) is 18.2. The van der Waals surface area contributed by atoms with Crippen LogP contribution in [-0.2, 0) is 14.3 Å². The van der Waals surface area contributed by atoms with Crippen LogP contribution in [0.1, 0.15) is 83.1 Å². The predicted octanol–water partition coefficient (Wildman–Crippen LogP) is 5.37. The van der Waals surface area contributed by atoms with Crippen LogP contribution in [0, 0.1) is 18.8 Å². The monoisotopic (exact) mass is 408 g/mol. The molecule has 2 saturated carbocycles. The zero-order valence-electron chi connectivity index (χ0n) is 17.4. The second-order valence-corrected chi connectivity index (χ2v) is 10.7. The number of hydrogen-bond donors (Lipinski definition) is 1. The van der Waals surface area contributed by atoms with Gasteiger partial charge in [0.2, 0.25) is 0 Å². The molecule has 28 heavy (non-hydrogen) atoms. The van der Waals surface area contributed by atoms with Gasteiger partial charge >= 0.3 is 0 Å². The van der Waals surface area contributed by atoms with Crippen LogP contribution < -0.4 is 0 Å². The van der Waals surface area contributed by atoms with Crippen LogP contribution in [0.15, 0.2) is 29.2 Å². The Labute approximate surface area is 170 Å². The molecule has 4 unspecified atom stereocenters. The van der Waals surface area contributed by atoms with E-state index in [4.69, 9.17) is 4.18 Å². The fourth-order valence-electron chi connectivity index (χ4n) is 5.17. The molecule has 0 heterocycles. The quantitative estimate of drug-likeness (QED) is 0.683. The molecule has 5 heteroatoms. The van der Waals surface area contributed by atoms with E-state index < -0.39 is 21.8 Å². The first kappa shape index (κ1) is 21.8. The highest BCUT2D eigenvalue weighted by molar-refractivity contribution is 7.86. The predicted molar refractivity (Wildman–Crippen MR) is 112 cm³/mol. The van der Waals surface area contributed by atoms with E-state index in [-0.39, 0.29) is 16.7 Å². The van der Waals surface area contributed by atoms with E-state index in [0.717, 1.165) is 44.1 Å². The van der Waals surface area contributed by atoms with Crippen LogP contribution in [0.4, 0.5) is 0 Å². The van der Waals surface area contributed by atoms with Crippen LogP contribution in [-0.4, -0.2) is 25.2 Å². The van der Waals surface area contributed by atoms with E-state index in [9.17, 15) is 13.5 Å². The molecule has 1 aromatic rings. The summed E-state index contributed by atoms with van der Waals surface area (Å²) in [6.07, 6.45) is 11.2. The van der Waals surface area contributed by atoms with Crippen molar-refractivity contribution in [2.75, 3.05) is 0 Å². The van der Waals surface area contributed by atoms with Crippen molar-refractivity contribution in [1.82, 2.24) is 0 Å². The first-order valence-electron chi connectivity index (χ1n) is 11.0. The van der Waals surface area contributed by atoms with Crippen LogP contribution in [0.3, 0.4) is 0 Å². The van der Waals surface area contributed by atoms with E-state index in [1.165, 1.54) is 25.7 Å². The van der Waals surface area contributed by atoms with Gasteiger partial charge in [0.05, 0.1) is 16.6 Å². The molecule has 0 bridgehead atoms. The molecule has 0 saturated heterocycles. The normalized spacial score (nSPS) is 32.9. The van der Waals surface area contributed by atoms with E-state index in [1.807, 2.05) is 13.8 Å². The number of hydrogen-bond acceptors (Lipinski definition) is 4. The van der Waals surface area contributed by atoms with Crippen molar-refractivity contribution in [1.29, 1.82) is 0 Å². The third-order valence-corrected chi connectivity index (χ3v) is 8.07. The third-order valence-electron chi connectivity index (χ3n) is 6.75. The molecule has 1 N–H and O–H groups in total. The van der Waals surface area contributed by atoms with Crippen molar-refractivity contribution < 1.29 is 17.7 Å². The van der Waals surface area contributed by atoms with Crippen LogP contribution >= 0.6 is 0 Å². The summed E-state index contributed by atoms with van der Waals surface area (Å²) in [6.45, 7) is 3.96. The minimum absolute atomic E-state index is 0.0281. The Morgan fingerprint density at radius 1 is 0.964 bits per heavy atom. The van der Waals surface area contributed by atoms with Crippen molar-refractivity contribution in [3.05, 3.63) is 29.8 Å². The van der Waals surface area contributed by atoms with Crippen molar-refractivity contribution in [3.63, 3.8) is 0 Å². The standard InChI is InChI=1S/C23H36O4S/c1-18-12-14-20(15-13-18)28(25,26)27-22-19(2)17-23(24)16-10-8-6-4-3-5-7-9-11-21(22)23/h12-15,19,21-22,24H,3-11,16-17H2,1-2H3. The summed E-state index contributed by atoms with van der Waals surface area (Å²) >= 11 is 0. The molecule has 1 aromatic carbocycles. The summed E-state index contributed by atoms with van der Waals surface area (Å²) < 4.78 is 31.6. The summed E-state index contributed by atoms with van der Waals surface area (Å²) in [6, 6.07) is 6.80. The maximum Gasteiger partial charge on any atom is 0.297 e. The highest BCUT2D eigenvalue weighted by atomic mass is 32.2. The first-order valence-corrected chi connectivity index (χ1v) is 12.4.